The van der Waals surface area contributed by atoms with Crippen molar-refractivity contribution in [1.82, 2.24) is 0 Å². The van der Waals surface area contributed by atoms with Crippen molar-refractivity contribution in [2.75, 3.05) is 6.61 Å². The average Bonchev–Trinajstić information content (AvgIpc) is 2.09. The summed E-state index contributed by atoms with van der Waals surface area (Å²) in [5, 5.41) is 10.7. The largest absolute Gasteiger partial charge is 1.00 e. The molecule has 3 nitrogen and oxygen atoms in total. The van der Waals surface area contributed by atoms with Crippen molar-refractivity contribution in [2.45, 2.75) is 0 Å². The predicted molar refractivity (Wildman–Crippen MR) is 47.0 cm³/mol. The molecule has 0 saturated heterocycles. The monoisotopic (exact) mass is 242 g/mol. The Hall–Kier alpha value is 0.230. The fourth-order valence-electron chi connectivity index (χ4n) is 0.710. The Morgan fingerprint density at radius 2 is 2.07 bits per heavy atom. The van der Waals surface area contributed by atoms with E-state index in [1.807, 2.05) is 0 Å². The molecule has 1 aromatic carbocycles. The number of carbonyl (C=O) groups excluding carboxylic acids is 1. The van der Waals surface area contributed by atoms with E-state index in [-0.39, 0.29) is 40.3 Å². The molecule has 0 fully saturated rings. The third-order valence-corrected chi connectivity index (χ3v) is 1.77. The molecule has 0 saturated carbocycles. The van der Waals surface area contributed by atoms with Gasteiger partial charge in [-0.05, 0) is 24.8 Å². The van der Waals surface area contributed by atoms with Crippen molar-refractivity contribution in [3.63, 3.8) is 0 Å². The second kappa shape index (κ2) is 6.67. The molecule has 0 N–H and O–H groups in total. The van der Waals surface area contributed by atoms with Crippen molar-refractivity contribution >= 4 is 29.2 Å². The normalized spacial score (nSPS) is 9.07. The molecule has 0 aliphatic carbocycles. The molecule has 0 radical (unpaired) electrons. The number of hydrogen-bond donors (Lipinski definition) is 0. The molecule has 0 aliphatic heterocycles. The first-order chi connectivity index (χ1) is 6.13. The number of carbonyl (C=O) groups is 1. The van der Waals surface area contributed by atoms with E-state index in [2.05, 4.69) is 4.74 Å². The summed E-state index contributed by atoms with van der Waals surface area (Å²) in [6.07, 6.45) is 0. The number of halogens is 2. The van der Waals surface area contributed by atoms with E-state index < -0.39 is 12.6 Å². The minimum absolute atomic E-state index is 0. The van der Waals surface area contributed by atoms with E-state index >= 15 is 0 Å². The fourth-order valence-corrected chi connectivity index (χ4v) is 1.16. The third kappa shape index (κ3) is 4.17. The van der Waals surface area contributed by atoms with Gasteiger partial charge in [0, 0.05) is 5.02 Å². The Labute approximate surface area is 113 Å². The first kappa shape index (κ1) is 14.2. The van der Waals surface area contributed by atoms with Gasteiger partial charge in [0.1, 0.15) is 5.75 Å². The Morgan fingerprint density at radius 1 is 1.43 bits per heavy atom. The van der Waals surface area contributed by atoms with Crippen LogP contribution in [0.4, 0.5) is 0 Å². The molecular weight excluding hydrogens is 238 g/mol. The molecule has 0 aliphatic rings. The molecule has 0 amide bonds. The maximum absolute atomic E-state index is 10.6. The molecule has 1 aromatic rings. The van der Waals surface area contributed by atoms with Gasteiger partial charge in [-0.15, -0.1) is 0 Å². The zero-order valence-corrected chi connectivity index (χ0v) is 10.9. The maximum atomic E-state index is 10.6. The van der Waals surface area contributed by atoms with Crippen molar-refractivity contribution in [1.29, 1.82) is 0 Å². The number of rotatable bonds is 2. The molecule has 0 heterocycles. The summed E-state index contributed by atoms with van der Waals surface area (Å²) in [5.74, 6) is -0.726. The number of benzene rings is 1. The van der Waals surface area contributed by atoms with Crippen LogP contribution in [-0.2, 0) is 4.79 Å². The van der Waals surface area contributed by atoms with E-state index in [9.17, 15) is 9.90 Å². The van der Waals surface area contributed by atoms with Gasteiger partial charge < -0.3 is 9.84 Å². The van der Waals surface area contributed by atoms with Crippen molar-refractivity contribution in [2.24, 2.45) is 0 Å². The van der Waals surface area contributed by atoms with E-state index in [1.54, 1.807) is 0 Å². The quantitative estimate of drug-likeness (QED) is 0.352. The van der Waals surface area contributed by atoms with Crippen LogP contribution in [0.1, 0.15) is 0 Å². The molecule has 0 atom stereocenters. The molecule has 0 aromatic heterocycles. The zero-order valence-electron chi connectivity index (χ0n) is 7.42. The number of hydrogen-bond acceptors (Lipinski definition) is 3. The van der Waals surface area contributed by atoms with Crippen molar-refractivity contribution < 1.29 is 44.2 Å². The molecule has 14 heavy (non-hydrogen) atoms. The minimum atomic E-state index is -0.932. The topological polar surface area (TPSA) is 49.4 Å². The van der Waals surface area contributed by atoms with E-state index in [0.717, 1.165) is 0 Å². The SMILES string of the molecule is O=C(C[O-])Oc1ccc(Cl)cc1Cl.[Na+]. The van der Waals surface area contributed by atoms with Gasteiger partial charge in [-0.3, -0.25) is 4.79 Å². The van der Waals surface area contributed by atoms with Gasteiger partial charge >= 0.3 is 29.6 Å². The standard InChI is InChI=1S/C8H5Cl2O3.Na/c9-5-1-2-7(6(10)3-5)13-8(12)4-11;/h1-3H,4H2;/q-1;+1. The summed E-state index contributed by atoms with van der Waals surface area (Å²) in [7, 11) is 0. The van der Waals surface area contributed by atoms with Gasteiger partial charge in [-0.25, -0.2) is 0 Å². The Bertz CT molecular complexity index is 330. The van der Waals surface area contributed by atoms with Crippen LogP contribution in [0.3, 0.4) is 0 Å². The van der Waals surface area contributed by atoms with Gasteiger partial charge in [0.05, 0.1) is 5.02 Å². The first-order valence-electron chi connectivity index (χ1n) is 3.37. The second-order valence-electron chi connectivity index (χ2n) is 2.19. The average molecular weight is 243 g/mol. The molecule has 1 rings (SSSR count). The van der Waals surface area contributed by atoms with Gasteiger partial charge in [0.25, 0.3) is 5.97 Å². The van der Waals surface area contributed by atoms with E-state index in [4.69, 9.17) is 23.2 Å². The van der Waals surface area contributed by atoms with Crippen LogP contribution in [0.25, 0.3) is 0 Å². The zero-order chi connectivity index (χ0) is 9.84. The van der Waals surface area contributed by atoms with Crippen molar-refractivity contribution in [3.05, 3.63) is 28.2 Å². The molecule has 0 spiro atoms. The molecular formula is C8H5Cl2NaO3. The van der Waals surface area contributed by atoms with Crippen LogP contribution in [0.15, 0.2) is 18.2 Å². The Balaban J connectivity index is 0.00000169. The summed E-state index contributed by atoms with van der Waals surface area (Å²) in [5.41, 5.74) is 0. The van der Waals surface area contributed by atoms with Crippen LogP contribution in [0.5, 0.6) is 5.75 Å². The van der Waals surface area contributed by atoms with Crippen LogP contribution in [0.2, 0.25) is 10.0 Å². The Morgan fingerprint density at radius 3 is 2.57 bits per heavy atom. The molecule has 0 unspecified atom stereocenters. The maximum Gasteiger partial charge on any atom is 1.00 e. The first-order valence-corrected chi connectivity index (χ1v) is 4.13. The van der Waals surface area contributed by atoms with Crippen LogP contribution < -0.4 is 39.4 Å². The minimum Gasteiger partial charge on any atom is -0.846 e. The molecule has 6 heteroatoms. The summed E-state index contributed by atoms with van der Waals surface area (Å²) in [6.45, 7) is -0.932. The fraction of sp³-hybridized carbons (Fsp3) is 0.125. The van der Waals surface area contributed by atoms with Gasteiger partial charge in [0.2, 0.25) is 0 Å². The van der Waals surface area contributed by atoms with Gasteiger partial charge in [0.15, 0.2) is 0 Å². The van der Waals surface area contributed by atoms with Crippen LogP contribution in [-0.4, -0.2) is 12.6 Å². The van der Waals surface area contributed by atoms with E-state index in [0.29, 0.717) is 5.02 Å². The Kier molecular flexibility index (Phi) is 6.78. The van der Waals surface area contributed by atoms with Crippen molar-refractivity contribution in [3.8, 4) is 5.75 Å². The molecule has 70 valence electrons. The number of ether oxygens (including phenoxy) is 1. The predicted octanol–water partition coefficient (Wildman–Crippen LogP) is -1.74. The summed E-state index contributed by atoms with van der Waals surface area (Å²) >= 11 is 11.3. The van der Waals surface area contributed by atoms with Gasteiger partial charge in [-0.1, -0.05) is 23.2 Å². The van der Waals surface area contributed by atoms with E-state index in [1.165, 1.54) is 18.2 Å². The summed E-state index contributed by atoms with van der Waals surface area (Å²) < 4.78 is 4.61. The summed E-state index contributed by atoms with van der Waals surface area (Å²) in [6, 6.07) is 4.37. The van der Waals surface area contributed by atoms with Crippen LogP contribution >= 0.6 is 23.2 Å². The number of esters is 1. The smallest absolute Gasteiger partial charge is 0.846 e. The van der Waals surface area contributed by atoms with Crippen LogP contribution in [0, 0.1) is 0 Å². The van der Waals surface area contributed by atoms with Gasteiger partial charge in [-0.2, -0.15) is 0 Å². The summed E-state index contributed by atoms with van der Waals surface area (Å²) in [4.78, 5) is 10.6. The second-order valence-corrected chi connectivity index (χ2v) is 3.04. The third-order valence-electron chi connectivity index (χ3n) is 1.24. The molecule has 0 bridgehead atoms.